The molecule has 812 valence electrons. The molecule has 0 amide bonds. The van der Waals surface area contributed by atoms with Crippen molar-refractivity contribution in [3.63, 3.8) is 0 Å². The van der Waals surface area contributed by atoms with E-state index >= 15 is 30.7 Å². The lowest BCUT2D eigenvalue weighted by Gasteiger charge is -2.43. The molecule has 4 saturated heterocycles. The van der Waals surface area contributed by atoms with Gasteiger partial charge in [-0.3, -0.25) is 39.2 Å². The van der Waals surface area contributed by atoms with Crippen molar-refractivity contribution in [2.75, 3.05) is 125 Å². The van der Waals surface area contributed by atoms with E-state index in [-0.39, 0.29) is 83.0 Å². The van der Waals surface area contributed by atoms with E-state index in [4.69, 9.17) is 18.9 Å². The van der Waals surface area contributed by atoms with Gasteiger partial charge in [0, 0.05) is 240 Å². The van der Waals surface area contributed by atoms with E-state index < -0.39 is 139 Å². The van der Waals surface area contributed by atoms with Crippen LogP contribution in [0.15, 0.2) is 140 Å². The zero-order valence-electron chi connectivity index (χ0n) is 86.9. The molecule has 0 unspecified atom stereocenters. The summed E-state index contributed by atoms with van der Waals surface area (Å²) in [6, 6.07) is 30.3. The number of aliphatic hydroxyl groups is 3. The molecular weight excluding hydrogens is 1960 g/mol. The van der Waals surface area contributed by atoms with Crippen molar-refractivity contribution in [3.05, 3.63) is 248 Å². The number of unbranched alkanes of at least 4 members (excludes halogenated alkanes) is 4. The van der Waals surface area contributed by atoms with Gasteiger partial charge in [-0.2, -0.15) is 26.3 Å². The highest BCUT2D eigenvalue weighted by atomic mass is 19.4. The van der Waals surface area contributed by atoms with Crippen molar-refractivity contribution in [2.45, 2.75) is 250 Å². The maximum Gasteiger partial charge on any atom is 0.395 e. The number of aromatic amines is 4. The minimum atomic E-state index is -4.66. The maximum atomic E-state index is 15.8. The SMILES string of the molecule is CCCCN1CC(Oc2cc(F)c([C@@H]3c4[nH]c5ccccc5c4C[C@@H](C)N3C[C@@H](CO)C(F)(F)F)c(F)c2)C1.CCCCN1CC(Oc2cc(F)c([C@@H]3c4[nH]c5ccccc5c4C[C@@H](C)N3C[C@H](CO)C(F)(F)F)c(F)c2)C1.CCCCN1CC(Oc2cc(F)c([C@H]3c4[nH]c5ccc(F)cc5c4C[C@H](C)N3C[C@](C)(F)CO)c(F)c2)C1.CCCCN1CC(Oc2ncc([C@@H]3c4[nH]c5ccccc5c4C[C@@H](C)N3CC(C)(C)F)cn2)C1. The van der Waals surface area contributed by atoms with Gasteiger partial charge in [0.05, 0.1) is 55.8 Å². The molecule has 8 aliphatic rings. The molecule has 4 fully saturated rings. The van der Waals surface area contributed by atoms with Gasteiger partial charge in [0.15, 0.2) is 0 Å². The van der Waals surface area contributed by atoms with Crippen LogP contribution in [0, 0.1) is 52.6 Å². The number of ether oxygens (including phenoxy) is 4. The quantitative estimate of drug-likeness (QED) is 0.0184. The Balaban J connectivity index is 0.000000136. The Labute approximate surface area is 865 Å². The minimum absolute atomic E-state index is 0.0599. The number of fused-ring (bicyclic) bond motifs is 12. The fourth-order valence-corrected chi connectivity index (χ4v) is 22.9. The molecule has 21 nitrogen and oxygen atoms in total. The van der Waals surface area contributed by atoms with E-state index in [1.807, 2.05) is 73.9 Å². The molecule has 0 bridgehead atoms. The normalized spacial score (nSPS) is 21.9. The molecule has 11 atom stereocenters. The van der Waals surface area contributed by atoms with E-state index in [1.54, 1.807) is 38.7 Å². The summed E-state index contributed by atoms with van der Waals surface area (Å²) in [6.07, 6.45) is 5.09. The molecule has 20 rings (SSSR count). The Morgan fingerprint density at radius 2 is 0.660 bits per heavy atom. The van der Waals surface area contributed by atoms with Crippen LogP contribution in [0.2, 0.25) is 0 Å². The van der Waals surface area contributed by atoms with Crippen LogP contribution in [-0.2, 0) is 25.7 Å². The highest BCUT2D eigenvalue weighted by molar-refractivity contribution is 5.88. The molecule has 0 spiro atoms. The van der Waals surface area contributed by atoms with E-state index in [9.17, 15) is 50.4 Å². The van der Waals surface area contributed by atoms with Gasteiger partial charge in [-0.1, -0.05) is 108 Å². The van der Waals surface area contributed by atoms with Crippen LogP contribution >= 0.6 is 0 Å². The van der Waals surface area contributed by atoms with E-state index in [1.165, 1.54) is 64.8 Å². The lowest BCUT2D eigenvalue weighted by atomic mass is 9.87. The Morgan fingerprint density at radius 1 is 0.367 bits per heavy atom. The fourth-order valence-electron chi connectivity index (χ4n) is 22.9. The molecule has 36 heteroatoms. The number of nitrogens with one attached hydrogen (secondary N) is 4. The van der Waals surface area contributed by atoms with Gasteiger partial charge in [0.2, 0.25) is 0 Å². The number of alkyl halides is 8. The summed E-state index contributed by atoms with van der Waals surface area (Å²) < 4.78 is 244. The second kappa shape index (κ2) is 46.8. The largest absolute Gasteiger partial charge is 0.488 e. The molecule has 150 heavy (non-hydrogen) atoms. The third kappa shape index (κ3) is 24.6. The number of rotatable bonds is 35. The number of aromatic nitrogens is 6. The van der Waals surface area contributed by atoms with Crippen molar-refractivity contribution >= 4 is 43.6 Å². The molecule has 0 radical (unpaired) electrons. The monoisotopic (exact) mass is 2100 g/mol. The average molecular weight is 2100 g/mol. The van der Waals surface area contributed by atoms with Crippen LogP contribution in [0.25, 0.3) is 43.6 Å². The first-order valence-corrected chi connectivity index (χ1v) is 52.9. The number of likely N-dealkylation sites (tertiary alicyclic amines) is 4. The summed E-state index contributed by atoms with van der Waals surface area (Å²) in [5.74, 6) is -9.42. The van der Waals surface area contributed by atoms with Crippen LogP contribution in [0.4, 0.5) is 65.9 Å². The van der Waals surface area contributed by atoms with Crippen molar-refractivity contribution in [2.24, 2.45) is 11.8 Å². The van der Waals surface area contributed by atoms with Crippen molar-refractivity contribution in [1.29, 1.82) is 0 Å². The standard InChI is InChI=1S/2C29H34F5N3O2.C29H35F4N3O2.C27H36FN5O/c2*1-3-4-9-36-14-20(15-36)39-19-11-23(30)26(24(31)12-19)28-27-22(21-7-5-6-8-25(21)35-27)10-17(2)37(28)13-18(16-38)29(32,33)34;1-4-5-8-35-13-20(14-35)38-19-11-23(31)26(24(32)12-19)28-27-22(21-10-18(30)6-7-25(21)34-27)9-17(2)36(28)15-29(3,33)16-37;1-5-6-11-32-15-20(16-32)34-26-29-13-19(14-30-26)25-24-22(21-9-7-8-10-23(21)31-24)12-18(2)33(25)17-27(3,4)28/h2*5-8,11-12,17-18,20,28,35,38H,3-4,9-10,13-16H2,1-2H3;6-7,10-12,17,20,28,34,37H,4-5,8-9,13-16H2,1-3H3;7-10,13-14,18,20,25,31H,5-6,11-12,15-17H2,1-4H3/t17-,18+,28-;17-,18-,28-;17-,28-,29-;18-,25-/m1101/s1. The van der Waals surface area contributed by atoms with Gasteiger partial charge >= 0.3 is 18.4 Å². The number of para-hydroxylation sites is 3. The van der Waals surface area contributed by atoms with Crippen LogP contribution in [0.3, 0.4) is 0 Å². The van der Waals surface area contributed by atoms with Crippen molar-refractivity contribution in [1.82, 2.24) is 69.1 Å². The van der Waals surface area contributed by atoms with E-state index in [0.29, 0.717) is 99.1 Å². The van der Waals surface area contributed by atoms with Gasteiger partial charge in [-0.15, -0.1) is 0 Å². The first kappa shape index (κ1) is 111. The van der Waals surface area contributed by atoms with Crippen LogP contribution in [-0.4, -0.2) is 281 Å². The van der Waals surface area contributed by atoms with Crippen LogP contribution in [0.1, 0.15) is 219 Å². The van der Waals surface area contributed by atoms with E-state index in [0.717, 1.165) is 164 Å². The number of hydrogen-bond acceptors (Lipinski definition) is 17. The second-order valence-electron chi connectivity index (χ2n) is 43.2. The fraction of sp³-hybridized carbons (Fsp3) is 0.526. The van der Waals surface area contributed by atoms with Gasteiger partial charge in [0.1, 0.15) is 93.7 Å². The van der Waals surface area contributed by atoms with E-state index in [2.05, 4.69) is 107 Å². The Hall–Kier alpha value is -10.5. The molecule has 7 aromatic carbocycles. The van der Waals surface area contributed by atoms with Crippen LogP contribution < -0.4 is 18.9 Å². The Bertz CT molecular complexity index is 6320. The summed E-state index contributed by atoms with van der Waals surface area (Å²) >= 11 is 0. The summed E-state index contributed by atoms with van der Waals surface area (Å²) in [5, 5.41) is 32.3. The summed E-state index contributed by atoms with van der Waals surface area (Å²) in [4.78, 5) is 38.3. The smallest absolute Gasteiger partial charge is 0.395 e. The molecule has 0 aliphatic carbocycles. The van der Waals surface area contributed by atoms with Gasteiger partial charge < -0.3 is 54.2 Å². The molecule has 0 saturated carbocycles. The first-order valence-electron chi connectivity index (χ1n) is 52.9. The first-order chi connectivity index (χ1) is 71.6. The van der Waals surface area contributed by atoms with Crippen LogP contribution in [0.5, 0.6) is 23.3 Å². The zero-order valence-corrected chi connectivity index (χ0v) is 86.9. The Kier molecular flexibility index (Phi) is 34.5. The summed E-state index contributed by atoms with van der Waals surface area (Å²) in [7, 11) is 0. The molecule has 7 N–H and O–H groups in total. The van der Waals surface area contributed by atoms with Gasteiger partial charge in [-0.25, -0.2) is 49.5 Å². The predicted octanol–water partition coefficient (Wildman–Crippen LogP) is 22.0. The van der Waals surface area contributed by atoms with Gasteiger partial charge in [-0.05, 0) is 185 Å². The average Bonchev–Trinajstić information content (AvgIpc) is 1.57. The number of benzene rings is 7. The lowest BCUT2D eigenvalue weighted by Crippen LogP contribution is -2.54. The molecule has 12 aromatic rings. The number of halogens is 15. The summed E-state index contributed by atoms with van der Waals surface area (Å²) in [5.41, 5.74) is 6.24. The second-order valence-corrected chi connectivity index (χ2v) is 43.2. The summed E-state index contributed by atoms with van der Waals surface area (Å²) in [6.45, 7) is 26.6. The number of hydrogen-bond donors (Lipinski definition) is 7. The molecule has 5 aromatic heterocycles. The number of H-pyrrole nitrogens is 4. The number of nitrogens with zero attached hydrogens (tertiary/aromatic N) is 10. The van der Waals surface area contributed by atoms with Gasteiger partial charge in [0.25, 0.3) is 0 Å². The number of aliphatic hydroxyl groups excluding tert-OH is 3. The minimum Gasteiger partial charge on any atom is -0.488 e. The molecule has 8 aliphatic heterocycles. The highest BCUT2D eigenvalue weighted by Gasteiger charge is 2.51. The van der Waals surface area contributed by atoms with Crippen molar-refractivity contribution < 1.29 is 100 Å². The third-order valence-corrected chi connectivity index (χ3v) is 30.9. The maximum absolute atomic E-state index is 15.8. The van der Waals surface area contributed by atoms with Crippen molar-refractivity contribution in [3.8, 4) is 23.3 Å². The zero-order chi connectivity index (χ0) is 107. The highest BCUT2D eigenvalue weighted by Crippen LogP contribution is 2.51. The third-order valence-electron chi connectivity index (χ3n) is 30.9. The molecular formula is C114H139F15N14O7. The molecule has 13 heterocycles. The lowest BCUT2D eigenvalue weighted by molar-refractivity contribution is -0.192. The predicted molar refractivity (Wildman–Crippen MR) is 549 cm³/mol. The topological polar surface area (TPSA) is 212 Å². The Morgan fingerprint density at radius 3 is 0.973 bits per heavy atom.